The highest BCUT2D eigenvalue weighted by Gasteiger charge is 2.11. The van der Waals surface area contributed by atoms with Crippen molar-refractivity contribution in [1.82, 2.24) is 9.80 Å². The first-order valence-electron chi connectivity index (χ1n) is 4.67. The van der Waals surface area contributed by atoms with E-state index < -0.39 is 0 Å². The van der Waals surface area contributed by atoms with Gasteiger partial charge in [0.25, 0.3) is 0 Å². The minimum absolute atomic E-state index is 0.563. The van der Waals surface area contributed by atoms with E-state index in [1.54, 1.807) is 0 Å². The summed E-state index contributed by atoms with van der Waals surface area (Å²) in [5, 5.41) is 0. The number of carbonyl (C=O) groups is 1. The zero-order valence-corrected chi connectivity index (χ0v) is 7.83. The Bertz CT molecular complexity index is 132. The molecule has 1 heterocycles. The zero-order chi connectivity index (χ0) is 8.81. The van der Waals surface area contributed by atoms with Gasteiger partial charge < -0.3 is 9.69 Å². The van der Waals surface area contributed by atoms with Crippen molar-refractivity contribution in [3.05, 3.63) is 0 Å². The van der Waals surface area contributed by atoms with E-state index >= 15 is 0 Å². The van der Waals surface area contributed by atoms with E-state index in [0.29, 0.717) is 6.54 Å². The van der Waals surface area contributed by atoms with Gasteiger partial charge in [0.15, 0.2) is 0 Å². The molecule has 0 radical (unpaired) electrons. The Morgan fingerprint density at radius 2 is 2.08 bits per heavy atom. The van der Waals surface area contributed by atoms with Crippen LogP contribution < -0.4 is 0 Å². The number of carbonyl (C=O) groups excluding carboxylic acids is 1. The molecule has 0 aliphatic carbocycles. The molecule has 0 saturated carbocycles. The third-order valence-corrected chi connectivity index (χ3v) is 2.38. The van der Waals surface area contributed by atoms with Gasteiger partial charge in [0.1, 0.15) is 6.29 Å². The summed E-state index contributed by atoms with van der Waals surface area (Å²) in [6.07, 6.45) is 3.65. The molecule has 1 rings (SSSR count). The van der Waals surface area contributed by atoms with Gasteiger partial charge in [0.2, 0.25) is 0 Å². The van der Waals surface area contributed by atoms with E-state index in [2.05, 4.69) is 9.80 Å². The second-order valence-corrected chi connectivity index (χ2v) is 3.48. The zero-order valence-electron chi connectivity index (χ0n) is 7.83. The lowest BCUT2D eigenvalue weighted by Gasteiger charge is -2.19. The molecule has 1 aliphatic rings. The molecule has 0 aromatic rings. The number of likely N-dealkylation sites (tertiary alicyclic amines) is 1. The Hall–Kier alpha value is -0.410. The highest BCUT2D eigenvalue weighted by atomic mass is 16.1. The lowest BCUT2D eigenvalue weighted by atomic mass is 10.4. The maximum absolute atomic E-state index is 10.2. The van der Waals surface area contributed by atoms with Crippen LogP contribution in [-0.2, 0) is 4.79 Å². The molecule has 0 unspecified atom stereocenters. The van der Waals surface area contributed by atoms with Crippen LogP contribution in [0, 0.1) is 0 Å². The van der Waals surface area contributed by atoms with E-state index in [9.17, 15) is 4.79 Å². The fourth-order valence-electron chi connectivity index (χ4n) is 1.54. The number of likely N-dealkylation sites (N-methyl/N-ethyl adjacent to an activating group) is 1. The standard InChI is InChI=1S/C9H18N2O/c1-10(8-9-12)6-7-11-4-2-3-5-11/h9H,2-8H2,1H3. The van der Waals surface area contributed by atoms with Crippen molar-refractivity contribution in [2.24, 2.45) is 0 Å². The van der Waals surface area contributed by atoms with Crippen molar-refractivity contribution in [3.8, 4) is 0 Å². The summed E-state index contributed by atoms with van der Waals surface area (Å²) in [4.78, 5) is 14.7. The van der Waals surface area contributed by atoms with Gasteiger partial charge in [-0.25, -0.2) is 0 Å². The van der Waals surface area contributed by atoms with Crippen LogP contribution in [0.3, 0.4) is 0 Å². The molecular weight excluding hydrogens is 152 g/mol. The molecule has 0 aromatic heterocycles. The first kappa shape index (κ1) is 9.68. The molecular formula is C9H18N2O. The molecule has 0 spiro atoms. The first-order valence-corrected chi connectivity index (χ1v) is 4.67. The predicted molar refractivity (Wildman–Crippen MR) is 49.2 cm³/mol. The number of nitrogens with zero attached hydrogens (tertiary/aromatic N) is 2. The first-order chi connectivity index (χ1) is 5.83. The largest absolute Gasteiger partial charge is 0.302 e. The monoisotopic (exact) mass is 170 g/mol. The summed E-state index contributed by atoms with van der Waals surface area (Å²) in [7, 11) is 1.99. The van der Waals surface area contributed by atoms with Crippen LogP contribution in [-0.4, -0.2) is 55.9 Å². The summed E-state index contributed by atoms with van der Waals surface area (Å²) < 4.78 is 0. The average Bonchev–Trinajstić information content (AvgIpc) is 2.53. The fraction of sp³-hybridized carbons (Fsp3) is 0.889. The summed E-state index contributed by atoms with van der Waals surface area (Å²) in [6, 6.07) is 0. The Kier molecular flexibility index (Phi) is 4.25. The second kappa shape index (κ2) is 5.27. The molecule has 0 bridgehead atoms. The highest BCUT2D eigenvalue weighted by Crippen LogP contribution is 2.05. The van der Waals surface area contributed by atoms with Crippen molar-refractivity contribution < 1.29 is 4.79 Å². The van der Waals surface area contributed by atoms with Crippen LogP contribution in [0.4, 0.5) is 0 Å². The molecule has 0 N–H and O–H groups in total. The molecule has 0 aromatic carbocycles. The van der Waals surface area contributed by atoms with Gasteiger partial charge in [-0.05, 0) is 33.0 Å². The summed E-state index contributed by atoms with van der Waals surface area (Å²) in [6.45, 7) is 5.18. The number of hydrogen-bond donors (Lipinski definition) is 0. The quantitative estimate of drug-likeness (QED) is 0.551. The van der Waals surface area contributed by atoms with Crippen molar-refractivity contribution in [2.45, 2.75) is 12.8 Å². The smallest absolute Gasteiger partial charge is 0.133 e. The molecule has 0 amide bonds. The van der Waals surface area contributed by atoms with Crippen LogP contribution in [0.5, 0.6) is 0 Å². The fourth-order valence-corrected chi connectivity index (χ4v) is 1.54. The molecule has 0 atom stereocenters. The van der Waals surface area contributed by atoms with Gasteiger partial charge in [-0.2, -0.15) is 0 Å². The minimum Gasteiger partial charge on any atom is -0.302 e. The van der Waals surface area contributed by atoms with Crippen LogP contribution in [0.15, 0.2) is 0 Å². The highest BCUT2D eigenvalue weighted by molar-refractivity contribution is 5.51. The van der Waals surface area contributed by atoms with Gasteiger partial charge in [0, 0.05) is 13.1 Å². The molecule has 1 aliphatic heterocycles. The van der Waals surface area contributed by atoms with Gasteiger partial charge >= 0.3 is 0 Å². The van der Waals surface area contributed by atoms with Crippen molar-refractivity contribution in [3.63, 3.8) is 0 Å². The summed E-state index contributed by atoms with van der Waals surface area (Å²) in [5.74, 6) is 0. The maximum atomic E-state index is 10.2. The van der Waals surface area contributed by atoms with E-state index in [-0.39, 0.29) is 0 Å². The number of rotatable bonds is 5. The minimum atomic E-state index is 0.563. The SMILES string of the molecule is CN(CC=O)CCN1CCCC1. The van der Waals surface area contributed by atoms with Crippen LogP contribution >= 0.6 is 0 Å². The Balaban J connectivity index is 2.03. The van der Waals surface area contributed by atoms with Crippen LogP contribution in [0.1, 0.15) is 12.8 Å². The summed E-state index contributed by atoms with van der Waals surface area (Å²) in [5.41, 5.74) is 0. The number of aldehydes is 1. The molecule has 12 heavy (non-hydrogen) atoms. The normalized spacial score (nSPS) is 18.8. The topological polar surface area (TPSA) is 23.6 Å². The van der Waals surface area contributed by atoms with Gasteiger partial charge in [-0.15, -0.1) is 0 Å². The van der Waals surface area contributed by atoms with E-state index in [1.165, 1.54) is 25.9 Å². The van der Waals surface area contributed by atoms with Crippen molar-refractivity contribution in [1.29, 1.82) is 0 Å². The molecule has 70 valence electrons. The van der Waals surface area contributed by atoms with E-state index in [0.717, 1.165) is 19.4 Å². The van der Waals surface area contributed by atoms with E-state index in [1.807, 2.05) is 7.05 Å². The van der Waals surface area contributed by atoms with E-state index in [4.69, 9.17) is 0 Å². The van der Waals surface area contributed by atoms with Gasteiger partial charge in [0.05, 0.1) is 6.54 Å². The van der Waals surface area contributed by atoms with Crippen molar-refractivity contribution in [2.75, 3.05) is 39.8 Å². The van der Waals surface area contributed by atoms with Crippen molar-refractivity contribution >= 4 is 6.29 Å². The lowest BCUT2D eigenvalue weighted by Crippen LogP contribution is -2.32. The van der Waals surface area contributed by atoms with Gasteiger partial charge in [-0.1, -0.05) is 0 Å². The third-order valence-electron chi connectivity index (χ3n) is 2.38. The summed E-state index contributed by atoms with van der Waals surface area (Å²) >= 11 is 0. The van der Waals surface area contributed by atoms with Crippen LogP contribution in [0.25, 0.3) is 0 Å². The maximum Gasteiger partial charge on any atom is 0.133 e. The molecule has 3 nitrogen and oxygen atoms in total. The molecule has 1 saturated heterocycles. The Labute approximate surface area is 74.3 Å². The Morgan fingerprint density at radius 3 is 2.67 bits per heavy atom. The van der Waals surface area contributed by atoms with Gasteiger partial charge in [-0.3, -0.25) is 4.90 Å². The third kappa shape index (κ3) is 3.32. The average molecular weight is 170 g/mol. The second-order valence-electron chi connectivity index (χ2n) is 3.48. The number of hydrogen-bond acceptors (Lipinski definition) is 3. The molecule has 3 heteroatoms. The Morgan fingerprint density at radius 1 is 1.42 bits per heavy atom. The molecule has 1 fully saturated rings. The van der Waals surface area contributed by atoms with Crippen LogP contribution in [0.2, 0.25) is 0 Å². The predicted octanol–water partition coefficient (Wildman–Crippen LogP) is 0.213. The lowest BCUT2D eigenvalue weighted by molar-refractivity contribution is -0.108.